The first kappa shape index (κ1) is 14.4. The Kier molecular flexibility index (Phi) is 4.83. The monoisotopic (exact) mass is 321 g/mol. The second-order valence-electron chi connectivity index (χ2n) is 4.63. The fraction of sp³-hybridized carbons (Fsp3) is 0.375. The lowest BCUT2D eigenvalue weighted by Gasteiger charge is -2.12. The second-order valence-corrected chi connectivity index (χ2v) is 5.49. The zero-order valence-corrected chi connectivity index (χ0v) is 13.3. The molecule has 0 radical (unpaired) electrons. The van der Waals surface area contributed by atoms with Crippen molar-refractivity contribution in [2.45, 2.75) is 33.2 Å². The van der Waals surface area contributed by atoms with Gasteiger partial charge >= 0.3 is 0 Å². The quantitative estimate of drug-likeness (QED) is 0.830. The van der Waals surface area contributed by atoms with Crippen LogP contribution in [0.25, 0.3) is 11.3 Å². The first-order chi connectivity index (χ1) is 9.17. The summed E-state index contributed by atoms with van der Waals surface area (Å²) in [5.74, 6) is 1.95. The predicted octanol–water partition coefficient (Wildman–Crippen LogP) is 5.08. The zero-order valence-electron chi connectivity index (χ0n) is 11.7. The molecule has 1 unspecified atom stereocenters. The van der Waals surface area contributed by atoms with Crippen molar-refractivity contribution in [1.29, 1.82) is 0 Å². The molecule has 19 heavy (non-hydrogen) atoms. The summed E-state index contributed by atoms with van der Waals surface area (Å²) in [5, 5.41) is 3.44. The van der Waals surface area contributed by atoms with Gasteiger partial charge < -0.3 is 9.73 Å². The lowest BCUT2D eigenvalue weighted by atomic mass is 10.1. The molecule has 1 aromatic heterocycles. The Bertz CT molecular complexity index is 547. The normalized spacial score (nSPS) is 12.6. The Morgan fingerprint density at radius 3 is 2.68 bits per heavy atom. The van der Waals surface area contributed by atoms with Crippen LogP contribution >= 0.6 is 15.9 Å². The number of benzene rings is 1. The predicted molar refractivity (Wildman–Crippen MR) is 83.3 cm³/mol. The molecule has 0 spiro atoms. The van der Waals surface area contributed by atoms with Gasteiger partial charge in [0.1, 0.15) is 11.5 Å². The maximum atomic E-state index is 6.03. The number of rotatable bonds is 5. The van der Waals surface area contributed by atoms with E-state index in [1.165, 1.54) is 5.56 Å². The third-order valence-electron chi connectivity index (χ3n) is 3.36. The van der Waals surface area contributed by atoms with Gasteiger partial charge in [-0.25, -0.2) is 0 Å². The van der Waals surface area contributed by atoms with Crippen LogP contribution in [0.2, 0.25) is 0 Å². The van der Waals surface area contributed by atoms with Crippen LogP contribution in [0.5, 0.6) is 0 Å². The second kappa shape index (κ2) is 6.40. The fourth-order valence-corrected chi connectivity index (χ4v) is 2.62. The topological polar surface area (TPSA) is 25.2 Å². The van der Waals surface area contributed by atoms with Gasteiger partial charge in [-0.05, 0) is 43.7 Å². The van der Waals surface area contributed by atoms with E-state index in [4.69, 9.17) is 4.42 Å². The van der Waals surface area contributed by atoms with E-state index in [9.17, 15) is 0 Å². The number of halogens is 1. The van der Waals surface area contributed by atoms with Crippen LogP contribution in [-0.2, 0) is 0 Å². The highest BCUT2D eigenvalue weighted by Crippen LogP contribution is 2.31. The fourth-order valence-electron chi connectivity index (χ4n) is 2.25. The van der Waals surface area contributed by atoms with Gasteiger partial charge in [-0.15, -0.1) is 0 Å². The molecule has 0 saturated heterocycles. The van der Waals surface area contributed by atoms with Gasteiger partial charge in [0.15, 0.2) is 0 Å². The zero-order chi connectivity index (χ0) is 13.8. The van der Waals surface area contributed by atoms with Gasteiger partial charge in [0, 0.05) is 10.0 Å². The molecule has 0 amide bonds. The van der Waals surface area contributed by atoms with Crippen LogP contribution in [0.15, 0.2) is 39.2 Å². The number of nitrogens with one attached hydrogen (secondary N) is 1. The van der Waals surface area contributed by atoms with E-state index >= 15 is 0 Å². The van der Waals surface area contributed by atoms with Gasteiger partial charge in [-0.2, -0.15) is 0 Å². The Labute approximate surface area is 123 Å². The molecule has 3 heteroatoms. The molecule has 1 N–H and O–H groups in total. The first-order valence-corrected chi connectivity index (χ1v) is 7.55. The van der Waals surface area contributed by atoms with Crippen molar-refractivity contribution in [1.82, 2.24) is 5.32 Å². The van der Waals surface area contributed by atoms with Crippen LogP contribution in [0, 0.1) is 6.92 Å². The van der Waals surface area contributed by atoms with Crippen LogP contribution in [0.4, 0.5) is 0 Å². The van der Waals surface area contributed by atoms with Crippen LogP contribution in [0.3, 0.4) is 0 Å². The standard InChI is InChI=1S/C16H20BrNO/c1-4-14(18-5-2)16-10-9-15(19-16)12-7-6-8-13(17)11(12)3/h6-10,14,18H,4-5H2,1-3H3. The third-order valence-corrected chi connectivity index (χ3v) is 4.22. The van der Waals surface area contributed by atoms with E-state index in [0.717, 1.165) is 34.5 Å². The van der Waals surface area contributed by atoms with Gasteiger partial charge in [-0.3, -0.25) is 0 Å². The molecule has 0 aliphatic heterocycles. The SMILES string of the molecule is CCNC(CC)c1ccc(-c2cccc(Br)c2C)o1. The third kappa shape index (κ3) is 3.10. The summed E-state index contributed by atoms with van der Waals surface area (Å²) in [6, 6.07) is 10.6. The molecule has 0 aliphatic rings. The molecule has 0 fully saturated rings. The summed E-state index contributed by atoms with van der Waals surface area (Å²) in [5.41, 5.74) is 2.35. The largest absolute Gasteiger partial charge is 0.459 e. The molecule has 0 bridgehead atoms. The van der Waals surface area contributed by atoms with E-state index in [1.807, 2.05) is 6.07 Å². The average Bonchev–Trinajstić information content (AvgIpc) is 2.88. The van der Waals surface area contributed by atoms with Gasteiger partial charge in [-0.1, -0.05) is 41.9 Å². The number of hydrogen-bond acceptors (Lipinski definition) is 2. The molecular formula is C16H20BrNO. The van der Waals surface area contributed by atoms with Crippen molar-refractivity contribution in [3.8, 4) is 11.3 Å². The van der Waals surface area contributed by atoms with E-state index in [1.54, 1.807) is 0 Å². The highest BCUT2D eigenvalue weighted by molar-refractivity contribution is 9.10. The summed E-state index contributed by atoms with van der Waals surface area (Å²) in [6.45, 7) is 7.33. The van der Waals surface area contributed by atoms with Crippen molar-refractivity contribution in [2.24, 2.45) is 0 Å². The minimum Gasteiger partial charge on any atom is -0.459 e. The average molecular weight is 322 g/mol. The molecule has 0 saturated carbocycles. The van der Waals surface area contributed by atoms with Crippen molar-refractivity contribution in [3.63, 3.8) is 0 Å². The van der Waals surface area contributed by atoms with Gasteiger partial charge in [0.25, 0.3) is 0 Å². The van der Waals surface area contributed by atoms with Crippen LogP contribution in [0.1, 0.15) is 37.6 Å². The van der Waals surface area contributed by atoms with E-state index < -0.39 is 0 Å². The molecule has 2 nitrogen and oxygen atoms in total. The summed E-state index contributed by atoms with van der Waals surface area (Å²) in [4.78, 5) is 0. The summed E-state index contributed by atoms with van der Waals surface area (Å²) in [7, 11) is 0. The van der Waals surface area contributed by atoms with Gasteiger partial charge in [0.05, 0.1) is 6.04 Å². The molecule has 2 aromatic rings. The highest BCUT2D eigenvalue weighted by atomic mass is 79.9. The minimum atomic E-state index is 0.297. The van der Waals surface area contributed by atoms with Crippen LogP contribution in [-0.4, -0.2) is 6.54 Å². The van der Waals surface area contributed by atoms with E-state index in [2.05, 4.69) is 66.3 Å². The molecule has 1 atom stereocenters. The lowest BCUT2D eigenvalue weighted by Crippen LogP contribution is -2.19. The minimum absolute atomic E-state index is 0.297. The highest BCUT2D eigenvalue weighted by Gasteiger charge is 2.14. The molecule has 0 aliphatic carbocycles. The van der Waals surface area contributed by atoms with Crippen molar-refractivity contribution in [2.75, 3.05) is 6.54 Å². The van der Waals surface area contributed by atoms with Crippen molar-refractivity contribution >= 4 is 15.9 Å². The summed E-state index contributed by atoms with van der Waals surface area (Å²) in [6.07, 6.45) is 1.03. The summed E-state index contributed by atoms with van der Waals surface area (Å²) < 4.78 is 7.14. The molecular weight excluding hydrogens is 302 g/mol. The number of furan rings is 1. The van der Waals surface area contributed by atoms with E-state index in [-0.39, 0.29) is 0 Å². The lowest BCUT2D eigenvalue weighted by molar-refractivity contribution is 0.417. The molecule has 2 rings (SSSR count). The molecule has 1 aromatic carbocycles. The maximum Gasteiger partial charge on any atom is 0.134 e. The van der Waals surface area contributed by atoms with Crippen LogP contribution < -0.4 is 5.32 Å². The smallest absolute Gasteiger partial charge is 0.134 e. The maximum absolute atomic E-state index is 6.03. The first-order valence-electron chi connectivity index (χ1n) is 6.76. The Morgan fingerprint density at radius 1 is 1.21 bits per heavy atom. The Balaban J connectivity index is 2.32. The Morgan fingerprint density at radius 2 is 2.00 bits per heavy atom. The molecule has 102 valence electrons. The number of hydrogen-bond donors (Lipinski definition) is 1. The van der Waals surface area contributed by atoms with E-state index in [0.29, 0.717) is 6.04 Å². The Hall–Kier alpha value is -1.06. The summed E-state index contributed by atoms with van der Waals surface area (Å²) >= 11 is 3.56. The van der Waals surface area contributed by atoms with Crippen molar-refractivity contribution in [3.05, 3.63) is 46.1 Å². The van der Waals surface area contributed by atoms with Gasteiger partial charge in [0.2, 0.25) is 0 Å². The van der Waals surface area contributed by atoms with Crippen molar-refractivity contribution < 1.29 is 4.42 Å². The molecule has 1 heterocycles.